The van der Waals surface area contributed by atoms with Crippen molar-refractivity contribution in [1.82, 2.24) is 4.90 Å². The molecule has 3 heterocycles. The molecule has 2 aliphatic rings. The molecule has 1 aromatic heterocycles. The maximum atomic E-state index is 13.3. The number of alkyl halides is 1. The number of fused-ring (bicyclic) bond motifs is 3. The summed E-state index contributed by atoms with van der Waals surface area (Å²) in [7, 11) is 0. The number of halogens is 2. The van der Waals surface area contributed by atoms with E-state index < -0.39 is 0 Å². The van der Waals surface area contributed by atoms with Gasteiger partial charge < -0.3 is 4.90 Å². The van der Waals surface area contributed by atoms with Crippen molar-refractivity contribution in [3.05, 3.63) is 35.0 Å². The Morgan fingerprint density at radius 3 is 2.67 bits per heavy atom. The van der Waals surface area contributed by atoms with Gasteiger partial charge in [-0.3, -0.25) is 4.79 Å². The zero-order valence-electron chi connectivity index (χ0n) is 11.4. The summed E-state index contributed by atoms with van der Waals surface area (Å²) in [6.45, 7) is 0. The Hall–Kier alpha value is -0.940. The predicted octanol–water partition coefficient (Wildman–Crippen LogP) is 4.57. The molecule has 110 valence electrons. The Bertz CT molecular complexity index is 701. The Kier molecular flexibility index (Phi) is 3.30. The van der Waals surface area contributed by atoms with Crippen LogP contribution in [0.4, 0.5) is 4.39 Å². The second-order valence-corrected chi connectivity index (χ2v) is 8.34. The van der Waals surface area contributed by atoms with E-state index >= 15 is 0 Å². The van der Waals surface area contributed by atoms with Gasteiger partial charge in [-0.15, -0.1) is 11.3 Å². The van der Waals surface area contributed by atoms with Gasteiger partial charge in [0.15, 0.2) is 0 Å². The Balaban J connectivity index is 1.67. The highest BCUT2D eigenvalue weighted by atomic mass is 79.9. The lowest BCUT2D eigenvalue weighted by Gasteiger charge is -2.36. The average Bonchev–Trinajstić information content (AvgIpc) is 2.97. The van der Waals surface area contributed by atoms with Crippen molar-refractivity contribution in [2.45, 2.75) is 42.6 Å². The van der Waals surface area contributed by atoms with Crippen LogP contribution in [-0.2, 0) is 0 Å². The number of carbonyl (C=O) groups excluding carboxylic acids is 1. The highest BCUT2D eigenvalue weighted by Crippen LogP contribution is 2.40. The van der Waals surface area contributed by atoms with Gasteiger partial charge >= 0.3 is 0 Å². The van der Waals surface area contributed by atoms with E-state index in [0.717, 1.165) is 40.6 Å². The van der Waals surface area contributed by atoms with Crippen LogP contribution in [0.5, 0.6) is 0 Å². The zero-order valence-corrected chi connectivity index (χ0v) is 13.8. The summed E-state index contributed by atoms with van der Waals surface area (Å²) in [6.07, 6.45) is 4.31. The van der Waals surface area contributed by atoms with Crippen LogP contribution < -0.4 is 0 Å². The van der Waals surface area contributed by atoms with E-state index in [-0.39, 0.29) is 11.7 Å². The van der Waals surface area contributed by atoms with Crippen LogP contribution in [0.25, 0.3) is 10.1 Å². The molecule has 5 heteroatoms. The third-order valence-corrected chi connectivity index (χ3v) is 6.44. The number of thiophene rings is 1. The third kappa shape index (κ3) is 2.30. The number of hydrogen-bond acceptors (Lipinski definition) is 2. The molecule has 2 aromatic rings. The van der Waals surface area contributed by atoms with E-state index in [1.807, 2.05) is 6.07 Å². The molecular formula is C16H15BrFNOS. The van der Waals surface area contributed by atoms with E-state index in [4.69, 9.17) is 0 Å². The molecule has 1 amide bonds. The standard InChI is InChI=1S/C16H15BrFNOS/c17-10-6-12-3-4-13(7-10)19(12)16(20)15-5-9-1-2-11(18)8-14(9)21-15/h1-2,5,8,10,12-13H,3-4,6-7H2. The molecule has 2 atom stereocenters. The summed E-state index contributed by atoms with van der Waals surface area (Å²) in [5, 5.41) is 0.951. The average molecular weight is 368 g/mol. The molecule has 2 unspecified atom stereocenters. The summed E-state index contributed by atoms with van der Waals surface area (Å²) in [5.41, 5.74) is 0. The molecule has 0 spiro atoms. The van der Waals surface area contributed by atoms with Crippen LogP contribution in [0.1, 0.15) is 35.4 Å². The van der Waals surface area contributed by atoms with Crippen molar-refractivity contribution in [2.24, 2.45) is 0 Å². The van der Waals surface area contributed by atoms with Crippen molar-refractivity contribution in [2.75, 3.05) is 0 Å². The molecule has 0 radical (unpaired) electrons. The number of carbonyl (C=O) groups is 1. The SMILES string of the molecule is O=C(c1cc2ccc(F)cc2s1)N1C2CCC1CC(Br)C2. The van der Waals surface area contributed by atoms with Gasteiger partial charge in [0.05, 0.1) is 4.88 Å². The van der Waals surface area contributed by atoms with Gasteiger partial charge in [0.2, 0.25) is 0 Å². The van der Waals surface area contributed by atoms with Crippen molar-refractivity contribution in [1.29, 1.82) is 0 Å². The van der Waals surface area contributed by atoms with Crippen molar-refractivity contribution >= 4 is 43.3 Å². The summed E-state index contributed by atoms with van der Waals surface area (Å²) in [4.78, 5) is 16.2. The minimum Gasteiger partial charge on any atom is -0.332 e. The molecule has 2 saturated heterocycles. The van der Waals surface area contributed by atoms with Crippen LogP contribution in [-0.4, -0.2) is 27.7 Å². The van der Waals surface area contributed by atoms with Crippen LogP contribution in [0, 0.1) is 5.82 Å². The van der Waals surface area contributed by atoms with Crippen molar-refractivity contribution < 1.29 is 9.18 Å². The first-order chi connectivity index (χ1) is 10.1. The molecule has 21 heavy (non-hydrogen) atoms. The number of piperidine rings is 1. The smallest absolute Gasteiger partial charge is 0.264 e. The predicted molar refractivity (Wildman–Crippen MR) is 86.7 cm³/mol. The quantitative estimate of drug-likeness (QED) is 0.676. The molecule has 2 bridgehead atoms. The molecule has 1 aromatic carbocycles. The van der Waals surface area contributed by atoms with Crippen LogP contribution in [0.3, 0.4) is 0 Å². The fourth-order valence-electron chi connectivity index (χ4n) is 3.68. The maximum absolute atomic E-state index is 13.3. The number of benzene rings is 1. The summed E-state index contributed by atoms with van der Waals surface area (Å²) in [6, 6.07) is 7.34. The summed E-state index contributed by atoms with van der Waals surface area (Å²) in [5.74, 6) is -0.118. The molecule has 2 aliphatic heterocycles. The highest BCUT2D eigenvalue weighted by molar-refractivity contribution is 9.09. The molecule has 0 aliphatic carbocycles. The van der Waals surface area contributed by atoms with Gasteiger partial charge in [-0.25, -0.2) is 4.39 Å². The number of amides is 1. The Morgan fingerprint density at radius 1 is 1.24 bits per heavy atom. The molecule has 4 rings (SSSR count). The Labute approximate surface area is 135 Å². The van der Waals surface area contributed by atoms with Gasteiger partial charge in [0.25, 0.3) is 5.91 Å². The monoisotopic (exact) mass is 367 g/mol. The highest BCUT2D eigenvalue weighted by Gasteiger charge is 2.43. The molecule has 2 nitrogen and oxygen atoms in total. The first-order valence-electron chi connectivity index (χ1n) is 7.27. The Morgan fingerprint density at radius 2 is 1.95 bits per heavy atom. The van der Waals surface area contributed by atoms with Gasteiger partial charge in [-0.2, -0.15) is 0 Å². The minimum atomic E-state index is -0.247. The second kappa shape index (κ2) is 5.06. The van der Waals surface area contributed by atoms with E-state index in [9.17, 15) is 9.18 Å². The first kappa shape index (κ1) is 13.7. The summed E-state index contributed by atoms with van der Waals surface area (Å²) >= 11 is 5.10. The zero-order chi connectivity index (χ0) is 14.6. The van der Waals surface area contributed by atoms with Crippen molar-refractivity contribution in [3.63, 3.8) is 0 Å². The summed E-state index contributed by atoms with van der Waals surface area (Å²) < 4.78 is 14.1. The van der Waals surface area contributed by atoms with E-state index in [1.54, 1.807) is 6.07 Å². The van der Waals surface area contributed by atoms with Crippen LogP contribution in [0.2, 0.25) is 0 Å². The van der Waals surface area contributed by atoms with Crippen molar-refractivity contribution in [3.8, 4) is 0 Å². The maximum Gasteiger partial charge on any atom is 0.264 e. The van der Waals surface area contributed by atoms with E-state index in [2.05, 4.69) is 20.8 Å². The fourth-order valence-corrected chi connectivity index (χ4v) is 5.57. The van der Waals surface area contributed by atoms with Gasteiger partial charge in [0.1, 0.15) is 5.82 Å². The normalized spacial score (nSPS) is 28.3. The lowest BCUT2D eigenvalue weighted by atomic mass is 10.0. The van der Waals surface area contributed by atoms with Gasteiger partial charge in [-0.05, 0) is 49.3 Å². The second-order valence-electron chi connectivity index (χ2n) is 5.96. The first-order valence-corrected chi connectivity index (χ1v) is 9.01. The number of hydrogen-bond donors (Lipinski definition) is 0. The fraction of sp³-hybridized carbons (Fsp3) is 0.438. The van der Waals surface area contributed by atoms with Crippen LogP contribution in [0.15, 0.2) is 24.3 Å². The lowest BCUT2D eigenvalue weighted by molar-refractivity contribution is 0.0608. The number of nitrogens with zero attached hydrogens (tertiary/aromatic N) is 1. The minimum absolute atomic E-state index is 0.128. The van der Waals surface area contributed by atoms with E-state index in [0.29, 0.717) is 16.9 Å². The van der Waals surface area contributed by atoms with Crippen LogP contribution >= 0.6 is 27.3 Å². The molecule has 0 saturated carbocycles. The number of rotatable bonds is 1. The van der Waals surface area contributed by atoms with Gasteiger partial charge in [-0.1, -0.05) is 22.0 Å². The molecular weight excluding hydrogens is 353 g/mol. The third-order valence-electron chi connectivity index (χ3n) is 4.60. The molecule has 2 fully saturated rings. The molecule has 0 N–H and O–H groups in total. The van der Waals surface area contributed by atoms with E-state index in [1.165, 1.54) is 23.5 Å². The van der Waals surface area contributed by atoms with Gasteiger partial charge in [0, 0.05) is 21.6 Å². The topological polar surface area (TPSA) is 20.3 Å². The lowest BCUT2D eigenvalue weighted by Crippen LogP contribution is -2.46. The largest absolute Gasteiger partial charge is 0.332 e.